The summed E-state index contributed by atoms with van der Waals surface area (Å²) in [6, 6.07) is 4.07. The van der Waals surface area contributed by atoms with Crippen molar-refractivity contribution in [2.45, 2.75) is 23.7 Å². The van der Waals surface area contributed by atoms with E-state index < -0.39 is 15.0 Å². The molecular weight excluding hydrogens is 252 g/mol. The summed E-state index contributed by atoms with van der Waals surface area (Å²) < 4.78 is 22.7. The minimum absolute atomic E-state index is 0.0661. The minimum atomic E-state index is -3.89. The van der Waals surface area contributed by atoms with Gasteiger partial charge in [-0.2, -0.15) is 0 Å². The number of halogens is 1. The van der Waals surface area contributed by atoms with Crippen LogP contribution < -0.4 is 0 Å². The fourth-order valence-electron chi connectivity index (χ4n) is 1.61. The molecule has 1 saturated carbocycles. The van der Waals surface area contributed by atoms with Crippen molar-refractivity contribution in [3.8, 4) is 0 Å². The predicted octanol–water partition coefficient (Wildman–Crippen LogP) is 2.19. The zero-order valence-corrected chi connectivity index (χ0v) is 9.75. The average molecular weight is 261 g/mol. The smallest absolute Gasteiger partial charge is 0.335 e. The summed E-state index contributed by atoms with van der Waals surface area (Å²) in [5.74, 6) is -0.963. The van der Waals surface area contributed by atoms with E-state index in [1.54, 1.807) is 0 Å². The lowest BCUT2D eigenvalue weighted by molar-refractivity contribution is 0.0696. The van der Waals surface area contributed by atoms with Crippen LogP contribution in [0, 0.1) is 0 Å². The van der Waals surface area contributed by atoms with Crippen molar-refractivity contribution in [2.24, 2.45) is 0 Å². The maximum Gasteiger partial charge on any atom is 0.335 e. The van der Waals surface area contributed by atoms with Crippen molar-refractivity contribution < 1.29 is 18.3 Å². The largest absolute Gasteiger partial charge is 0.478 e. The molecule has 0 heterocycles. The lowest BCUT2D eigenvalue weighted by atomic mass is 10.1. The SMILES string of the molecule is O=C(O)c1ccc(C2CC2)c(S(=O)(=O)Cl)c1. The molecule has 1 aliphatic carbocycles. The molecule has 0 atom stereocenters. The summed E-state index contributed by atoms with van der Waals surface area (Å²) >= 11 is 0. The Bertz CT molecular complexity index is 546. The summed E-state index contributed by atoms with van der Waals surface area (Å²) in [6.45, 7) is 0. The molecule has 1 aromatic rings. The summed E-state index contributed by atoms with van der Waals surface area (Å²) in [5.41, 5.74) is 0.559. The van der Waals surface area contributed by atoms with E-state index >= 15 is 0 Å². The Balaban J connectivity index is 2.60. The number of carbonyl (C=O) groups is 1. The number of hydrogen-bond donors (Lipinski definition) is 1. The fraction of sp³-hybridized carbons (Fsp3) is 0.300. The third-order valence-corrected chi connectivity index (χ3v) is 3.92. The number of carboxylic acid groups (broad SMARTS) is 1. The molecule has 6 heteroatoms. The molecule has 1 fully saturated rings. The highest BCUT2D eigenvalue weighted by Crippen LogP contribution is 2.43. The van der Waals surface area contributed by atoms with Crippen molar-refractivity contribution >= 4 is 25.7 Å². The summed E-state index contributed by atoms with van der Waals surface area (Å²) in [5, 5.41) is 8.78. The molecule has 0 aliphatic heterocycles. The quantitative estimate of drug-likeness (QED) is 0.846. The van der Waals surface area contributed by atoms with Gasteiger partial charge in [-0.1, -0.05) is 6.07 Å². The van der Waals surface area contributed by atoms with Gasteiger partial charge in [0.25, 0.3) is 9.05 Å². The van der Waals surface area contributed by atoms with Crippen LogP contribution in [0.1, 0.15) is 34.7 Å². The van der Waals surface area contributed by atoms with Crippen LogP contribution in [0.2, 0.25) is 0 Å². The van der Waals surface area contributed by atoms with Crippen LogP contribution in [0.5, 0.6) is 0 Å². The van der Waals surface area contributed by atoms with Crippen LogP contribution in [-0.4, -0.2) is 19.5 Å². The molecule has 1 aliphatic rings. The lowest BCUT2D eigenvalue weighted by Gasteiger charge is -2.06. The van der Waals surface area contributed by atoms with Gasteiger partial charge in [0.05, 0.1) is 10.5 Å². The average Bonchev–Trinajstić information content (AvgIpc) is 2.98. The van der Waals surface area contributed by atoms with Gasteiger partial charge in [-0.3, -0.25) is 0 Å². The van der Waals surface area contributed by atoms with Crippen LogP contribution in [0.4, 0.5) is 0 Å². The molecule has 0 radical (unpaired) electrons. The Morgan fingerprint density at radius 2 is 2.00 bits per heavy atom. The molecule has 2 rings (SSSR count). The molecule has 86 valence electrons. The Morgan fingerprint density at radius 3 is 2.44 bits per heavy atom. The van der Waals surface area contributed by atoms with Gasteiger partial charge in [0.1, 0.15) is 0 Å². The van der Waals surface area contributed by atoms with E-state index in [4.69, 9.17) is 15.8 Å². The molecule has 16 heavy (non-hydrogen) atoms. The molecule has 1 N–H and O–H groups in total. The molecule has 0 bridgehead atoms. The first kappa shape index (κ1) is 11.4. The number of rotatable bonds is 3. The first-order valence-electron chi connectivity index (χ1n) is 4.71. The van der Waals surface area contributed by atoms with Gasteiger partial charge in [0, 0.05) is 10.7 Å². The van der Waals surface area contributed by atoms with Gasteiger partial charge in [-0.05, 0) is 36.5 Å². The summed E-state index contributed by atoms with van der Waals surface area (Å²) in [7, 11) is 1.41. The van der Waals surface area contributed by atoms with Gasteiger partial charge in [0.2, 0.25) is 0 Å². The second kappa shape index (κ2) is 3.75. The van der Waals surface area contributed by atoms with E-state index in [9.17, 15) is 13.2 Å². The van der Waals surface area contributed by atoms with Gasteiger partial charge in [0.15, 0.2) is 0 Å². The molecule has 1 aromatic carbocycles. The molecule has 4 nitrogen and oxygen atoms in total. The fourth-order valence-corrected chi connectivity index (χ4v) is 2.80. The monoisotopic (exact) mass is 260 g/mol. The second-order valence-electron chi connectivity index (χ2n) is 3.77. The summed E-state index contributed by atoms with van der Waals surface area (Å²) in [4.78, 5) is 10.7. The van der Waals surface area contributed by atoms with E-state index in [0.29, 0.717) is 5.56 Å². The molecular formula is C10H9ClO4S. The second-order valence-corrected chi connectivity index (χ2v) is 6.30. The minimum Gasteiger partial charge on any atom is -0.478 e. The third kappa shape index (κ3) is 2.20. The topological polar surface area (TPSA) is 71.4 Å². The van der Waals surface area contributed by atoms with Crippen LogP contribution in [-0.2, 0) is 9.05 Å². The lowest BCUT2D eigenvalue weighted by Crippen LogP contribution is -2.02. The van der Waals surface area contributed by atoms with E-state index in [0.717, 1.165) is 18.9 Å². The normalized spacial score (nSPS) is 16.1. The first-order valence-corrected chi connectivity index (χ1v) is 7.02. The maximum absolute atomic E-state index is 11.3. The molecule has 0 saturated heterocycles. The van der Waals surface area contributed by atoms with Crippen LogP contribution in [0.3, 0.4) is 0 Å². The maximum atomic E-state index is 11.3. The van der Waals surface area contributed by atoms with Gasteiger partial charge in [-0.25, -0.2) is 13.2 Å². The highest BCUT2D eigenvalue weighted by atomic mass is 35.7. The number of hydrogen-bond acceptors (Lipinski definition) is 3. The van der Waals surface area contributed by atoms with Gasteiger partial charge >= 0.3 is 5.97 Å². The molecule has 0 spiro atoms. The third-order valence-electron chi connectivity index (χ3n) is 2.54. The van der Waals surface area contributed by atoms with Crippen molar-refractivity contribution in [3.05, 3.63) is 29.3 Å². The van der Waals surface area contributed by atoms with Crippen LogP contribution in [0.25, 0.3) is 0 Å². The van der Waals surface area contributed by atoms with Crippen molar-refractivity contribution in [3.63, 3.8) is 0 Å². The van der Waals surface area contributed by atoms with Crippen molar-refractivity contribution in [2.75, 3.05) is 0 Å². The number of aromatic carboxylic acids is 1. The molecule has 0 aromatic heterocycles. The van der Waals surface area contributed by atoms with E-state index in [2.05, 4.69) is 0 Å². The Hall–Kier alpha value is -1.07. The number of benzene rings is 1. The van der Waals surface area contributed by atoms with Gasteiger partial charge < -0.3 is 5.11 Å². The molecule has 0 unspecified atom stereocenters. The standard InChI is InChI=1S/C10H9ClO4S/c11-16(14,15)9-5-7(10(12)13)3-4-8(9)6-1-2-6/h3-6H,1-2H2,(H,12,13). The van der Waals surface area contributed by atoms with E-state index in [1.165, 1.54) is 12.1 Å². The Morgan fingerprint density at radius 1 is 1.38 bits per heavy atom. The zero-order valence-electron chi connectivity index (χ0n) is 8.18. The van der Waals surface area contributed by atoms with E-state index in [1.807, 2.05) is 0 Å². The van der Waals surface area contributed by atoms with Crippen LogP contribution in [0.15, 0.2) is 23.1 Å². The van der Waals surface area contributed by atoms with Crippen molar-refractivity contribution in [1.82, 2.24) is 0 Å². The van der Waals surface area contributed by atoms with E-state index in [-0.39, 0.29) is 16.4 Å². The predicted molar refractivity (Wildman–Crippen MR) is 58.4 cm³/mol. The first-order chi connectivity index (χ1) is 7.39. The van der Waals surface area contributed by atoms with Crippen molar-refractivity contribution in [1.29, 1.82) is 0 Å². The highest BCUT2D eigenvalue weighted by molar-refractivity contribution is 8.13. The summed E-state index contributed by atoms with van der Waals surface area (Å²) in [6.07, 6.45) is 1.84. The van der Waals surface area contributed by atoms with Crippen LogP contribution >= 0.6 is 10.7 Å². The molecule has 0 amide bonds. The Labute approximate surface area is 97.3 Å². The highest BCUT2D eigenvalue weighted by Gasteiger charge is 2.30. The zero-order chi connectivity index (χ0) is 11.9. The van der Waals surface area contributed by atoms with Gasteiger partial charge in [-0.15, -0.1) is 0 Å². The Kier molecular flexibility index (Phi) is 2.67. The number of carboxylic acids is 1.